The Balaban J connectivity index is 1.74. The molecule has 2 unspecified atom stereocenters. The molecule has 2 atom stereocenters. The summed E-state index contributed by atoms with van der Waals surface area (Å²) in [6.45, 7) is 0. The van der Waals surface area contributed by atoms with Gasteiger partial charge in [-0.2, -0.15) is 23.0 Å². The second-order valence-electron chi connectivity index (χ2n) is 8.20. The third-order valence-corrected chi connectivity index (χ3v) is 7.99. The standard InChI is InChI=1S/C23H16Cl3F3N4O4S/c24-14-4-1-12(2-5-14)18-11-19(31-30-18)22(16-7-6-15(25)10-17(16)26)32-38(36,37)21-8-3-13(23(27,28)29)9-20(21)33(34)35/h1-10,18,22,30,32H,11H2. The lowest BCUT2D eigenvalue weighted by Crippen LogP contribution is -2.34. The van der Waals surface area contributed by atoms with Gasteiger partial charge in [0.2, 0.25) is 10.0 Å². The van der Waals surface area contributed by atoms with Crippen LogP contribution in [-0.2, 0) is 16.2 Å². The normalized spacial score (nSPS) is 16.6. The van der Waals surface area contributed by atoms with Gasteiger partial charge in [-0.1, -0.05) is 53.0 Å². The number of halogens is 6. The molecule has 1 heterocycles. The lowest BCUT2D eigenvalue weighted by atomic mass is 9.96. The van der Waals surface area contributed by atoms with Crippen LogP contribution >= 0.6 is 34.8 Å². The van der Waals surface area contributed by atoms with Gasteiger partial charge in [0.1, 0.15) is 0 Å². The van der Waals surface area contributed by atoms with Crippen LogP contribution in [0.5, 0.6) is 0 Å². The smallest absolute Gasteiger partial charge is 0.302 e. The molecule has 0 bridgehead atoms. The summed E-state index contributed by atoms with van der Waals surface area (Å²) < 4.78 is 68.5. The zero-order chi connectivity index (χ0) is 27.8. The number of nitro benzene ring substituents is 1. The molecule has 0 spiro atoms. The molecule has 1 aliphatic rings. The van der Waals surface area contributed by atoms with Crippen molar-refractivity contribution in [3.63, 3.8) is 0 Å². The molecule has 0 saturated heterocycles. The highest BCUT2D eigenvalue weighted by molar-refractivity contribution is 7.89. The van der Waals surface area contributed by atoms with Crippen LogP contribution in [0.15, 0.2) is 70.7 Å². The Hall–Kier alpha value is -2.90. The predicted molar refractivity (Wildman–Crippen MR) is 137 cm³/mol. The average molecular weight is 608 g/mol. The van der Waals surface area contributed by atoms with E-state index >= 15 is 0 Å². The topological polar surface area (TPSA) is 114 Å². The molecule has 0 radical (unpaired) electrons. The van der Waals surface area contributed by atoms with Gasteiger partial charge in [0.25, 0.3) is 5.69 Å². The van der Waals surface area contributed by atoms with E-state index in [1.165, 1.54) is 18.2 Å². The maximum absolute atomic E-state index is 13.4. The maximum atomic E-state index is 13.4. The lowest BCUT2D eigenvalue weighted by Gasteiger charge is -2.21. The van der Waals surface area contributed by atoms with Gasteiger partial charge in [-0.25, -0.2) is 8.42 Å². The van der Waals surface area contributed by atoms with E-state index in [1.54, 1.807) is 24.3 Å². The summed E-state index contributed by atoms with van der Waals surface area (Å²) >= 11 is 18.3. The summed E-state index contributed by atoms with van der Waals surface area (Å²) in [5.74, 6) is 0. The van der Waals surface area contributed by atoms with E-state index in [0.29, 0.717) is 17.2 Å². The fourth-order valence-electron chi connectivity index (χ4n) is 3.86. The van der Waals surface area contributed by atoms with E-state index in [2.05, 4.69) is 15.2 Å². The number of rotatable bonds is 7. The van der Waals surface area contributed by atoms with Gasteiger partial charge >= 0.3 is 6.18 Å². The van der Waals surface area contributed by atoms with Gasteiger partial charge in [-0.05, 0) is 47.5 Å². The van der Waals surface area contributed by atoms with Crippen LogP contribution < -0.4 is 10.1 Å². The van der Waals surface area contributed by atoms with Crippen molar-refractivity contribution >= 4 is 56.2 Å². The molecule has 3 aromatic rings. The summed E-state index contributed by atoms with van der Waals surface area (Å²) in [6, 6.07) is 10.7. The van der Waals surface area contributed by atoms with Crippen LogP contribution in [0.4, 0.5) is 18.9 Å². The minimum Gasteiger partial charge on any atom is -0.302 e. The van der Waals surface area contributed by atoms with Gasteiger partial charge in [0.05, 0.1) is 28.3 Å². The van der Waals surface area contributed by atoms with Crippen molar-refractivity contribution in [2.24, 2.45) is 5.10 Å². The van der Waals surface area contributed by atoms with E-state index in [-0.39, 0.29) is 39.8 Å². The van der Waals surface area contributed by atoms with Crippen LogP contribution in [-0.4, -0.2) is 19.1 Å². The second-order valence-corrected chi connectivity index (χ2v) is 11.2. The van der Waals surface area contributed by atoms with E-state index in [1.807, 2.05) is 0 Å². The first-order chi connectivity index (χ1) is 17.8. The minimum atomic E-state index is -4.92. The number of nitrogens with one attached hydrogen (secondary N) is 2. The van der Waals surface area contributed by atoms with Gasteiger partial charge in [-0.15, -0.1) is 0 Å². The SMILES string of the molecule is O=[N+]([O-])c1cc(C(F)(F)F)ccc1S(=O)(=O)NC(C1=NNC(c2ccc(Cl)cc2)C1)c1ccc(Cl)cc1Cl. The first-order valence-corrected chi connectivity index (χ1v) is 13.3. The number of hydrogen-bond donors (Lipinski definition) is 2. The molecule has 200 valence electrons. The van der Waals surface area contributed by atoms with Crippen LogP contribution in [0.3, 0.4) is 0 Å². The molecule has 0 aromatic heterocycles. The van der Waals surface area contributed by atoms with Gasteiger partial charge in [0.15, 0.2) is 4.90 Å². The molecule has 0 amide bonds. The van der Waals surface area contributed by atoms with Crippen molar-refractivity contribution in [1.29, 1.82) is 0 Å². The van der Waals surface area contributed by atoms with E-state index in [0.717, 1.165) is 5.56 Å². The average Bonchev–Trinajstić information content (AvgIpc) is 3.32. The number of hydrogen-bond acceptors (Lipinski definition) is 6. The summed E-state index contributed by atoms with van der Waals surface area (Å²) in [4.78, 5) is 9.39. The van der Waals surface area contributed by atoms with Crippen molar-refractivity contribution in [2.75, 3.05) is 0 Å². The van der Waals surface area contributed by atoms with Crippen molar-refractivity contribution in [3.8, 4) is 0 Å². The second kappa shape index (κ2) is 10.7. The lowest BCUT2D eigenvalue weighted by molar-refractivity contribution is -0.388. The highest BCUT2D eigenvalue weighted by Crippen LogP contribution is 2.37. The highest BCUT2D eigenvalue weighted by atomic mass is 35.5. The monoisotopic (exact) mass is 606 g/mol. The molecule has 3 aromatic carbocycles. The first-order valence-electron chi connectivity index (χ1n) is 10.7. The van der Waals surface area contributed by atoms with Crippen molar-refractivity contribution in [1.82, 2.24) is 10.1 Å². The van der Waals surface area contributed by atoms with Crippen LogP contribution in [0, 0.1) is 10.1 Å². The Morgan fingerprint density at radius 3 is 2.29 bits per heavy atom. The zero-order valence-corrected chi connectivity index (χ0v) is 21.9. The Morgan fingerprint density at radius 2 is 1.68 bits per heavy atom. The Labute approximate surface area is 229 Å². The van der Waals surface area contributed by atoms with Gasteiger partial charge < -0.3 is 5.43 Å². The Kier molecular flexibility index (Phi) is 7.91. The van der Waals surface area contributed by atoms with Crippen molar-refractivity contribution in [2.45, 2.75) is 29.6 Å². The molecule has 4 rings (SSSR count). The zero-order valence-electron chi connectivity index (χ0n) is 18.8. The molecule has 0 fully saturated rings. The quantitative estimate of drug-likeness (QED) is 0.230. The van der Waals surface area contributed by atoms with E-state index in [4.69, 9.17) is 34.8 Å². The number of sulfonamides is 1. The molecular weight excluding hydrogens is 592 g/mol. The number of nitro groups is 1. The molecule has 0 saturated carbocycles. The number of nitrogens with zero attached hydrogens (tertiary/aromatic N) is 2. The highest BCUT2D eigenvalue weighted by Gasteiger charge is 2.38. The first kappa shape index (κ1) is 28.1. The molecule has 15 heteroatoms. The third kappa shape index (κ3) is 6.05. The summed E-state index contributed by atoms with van der Waals surface area (Å²) in [7, 11) is -4.77. The molecule has 1 aliphatic heterocycles. The predicted octanol–water partition coefficient (Wildman–Crippen LogP) is 6.68. The summed E-state index contributed by atoms with van der Waals surface area (Å²) in [6.07, 6.45) is -4.72. The number of alkyl halides is 3. The fraction of sp³-hybridized carbons (Fsp3) is 0.174. The van der Waals surface area contributed by atoms with Gasteiger partial charge in [-0.3, -0.25) is 10.1 Å². The molecule has 8 nitrogen and oxygen atoms in total. The molecule has 38 heavy (non-hydrogen) atoms. The maximum Gasteiger partial charge on any atom is 0.416 e. The third-order valence-electron chi connectivity index (χ3n) is 5.70. The number of hydrazone groups is 1. The molecular formula is C23H16Cl3F3N4O4S. The van der Waals surface area contributed by atoms with E-state index < -0.39 is 43.3 Å². The van der Waals surface area contributed by atoms with Gasteiger partial charge in [0, 0.05) is 27.6 Å². The van der Waals surface area contributed by atoms with Crippen molar-refractivity contribution in [3.05, 3.63) is 103 Å². The largest absolute Gasteiger partial charge is 0.416 e. The van der Waals surface area contributed by atoms with E-state index in [9.17, 15) is 31.7 Å². The molecule has 2 N–H and O–H groups in total. The van der Waals surface area contributed by atoms with Crippen LogP contribution in [0.2, 0.25) is 15.1 Å². The van der Waals surface area contributed by atoms with Crippen LogP contribution in [0.1, 0.15) is 35.2 Å². The Bertz CT molecular complexity index is 1530. The minimum absolute atomic E-state index is 0.0739. The summed E-state index contributed by atoms with van der Waals surface area (Å²) in [5, 5.41) is 16.7. The Morgan fingerprint density at radius 1 is 1.03 bits per heavy atom. The fourth-order valence-corrected chi connectivity index (χ4v) is 5.86. The summed E-state index contributed by atoms with van der Waals surface area (Å²) in [5.41, 5.74) is 1.61. The van der Waals surface area contributed by atoms with Crippen molar-refractivity contribution < 1.29 is 26.5 Å². The number of benzene rings is 3. The van der Waals surface area contributed by atoms with Crippen LogP contribution in [0.25, 0.3) is 0 Å². The molecule has 0 aliphatic carbocycles.